The number of hydrogen-bond acceptors (Lipinski definition) is 6. The second-order valence-corrected chi connectivity index (χ2v) is 12.5. The first kappa shape index (κ1) is 31.0. The molecule has 1 aliphatic heterocycles. The molecule has 3 rings (SSSR count). The summed E-state index contributed by atoms with van der Waals surface area (Å²) >= 11 is 4.31. The Morgan fingerprint density at radius 1 is 1.03 bits per heavy atom. The fourth-order valence-electron chi connectivity index (χ4n) is 3.92. The lowest BCUT2D eigenvalue weighted by molar-refractivity contribution is -0.121. The normalized spacial score (nSPS) is 15.8. The summed E-state index contributed by atoms with van der Waals surface area (Å²) < 4.78 is 42.0. The van der Waals surface area contributed by atoms with Crippen LogP contribution < -0.4 is 9.47 Å². The van der Waals surface area contributed by atoms with Crippen molar-refractivity contribution in [3.8, 4) is 11.5 Å². The number of methoxy groups -OCH3 is 1. The van der Waals surface area contributed by atoms with E-state index in [-0.39, 0.29) is 22.5 Å². The molecule has 39 heavy (non-hydrogen) atoms. The van der Waals surface area contributed by atoms with Gasteiger partial charge in [-0.1, -0.05) is 73.5 Å². The van der Waals surface area contributed by atoms with Crippen molar-refractivity contribution in [1.82, 2.24) is 4.90 Å². The van der Waals surface area contributed by atoms with Gasteiger partial charge in [0, 0.05) is 11.0 Å². The molecule has 0 N–H and O–H groups in total. The van der Waals surface area contributed by atoms with Gasteiger partial charge in [0.25, 0.3) is 15.9 Å². The molecule has 1 heterocycles. The van der Waals surface area contributed by atoms with Crippen LogP contribution in [0.5, 0.6) is 11.5 Å². The van der Waals surface area contributed by atoms with Crippen molar-refractivity contribution in [1.29, 1.82) is 0 Å². The predicted octanol–water partition coefficient (Wildman–Crippen LogP) is 7.43. The van der Waals surface area contributed by atoms with Crippen molar-refractivity contribution >= 4 is 54.9 Å². The lowest BCUT2D eigenvalue weighted by Crippen LogP contribution is -2.29. The molecule has 1 fully saturated rings. The van der Waals surface area contributed by atoms with E-state index < -0.39 is 10.0 Å². The third-order valence-corrected chi connectivity index (χ3v) is 8.93. The van der Waals surface area contributed by atoms with E-state index in [1.54, 1.807) is 31.4 Å². The molecule has 2 aromatic carbocycles. The van der Waals surface area contributed by atoms with Gasteiger partial charge in [-0.3, -0.25) is 9.69 Å². The summed E-state index contributed by atoms with van der Waals surface area (Å²) in [6.07, 6.45) is 11.6. The number of amides is 1. The number of nitrogens with zero attached hydrogens (tertiary/aromatic N) is 2. The van der Waals surface area contributed by atoms with Crippen LogP contribution in [0, 0.1) is 0 Å². The minimum absolute atomic E-state index is 0.0418. The summed E-state index contributed by atoms with van der Waals surface area (Å²) in [5.41, 5.74) is 0.733. The van der Waals surface area contributed by atoms with Crippen LogP contribution in [-0.4, -0.2) is 44.7 Å². The molecule has 0 saturated carbocycles. The molecule has 1 aliphatic rings. The minimum atomic E-state index is -4.01. The highest BCUT2D eigenvalue weighted by atomic mass is 79.9. The Balaban J connectivity index is 1.76. The van der Waals surface area contributed by atoms with Gasteiger partial charge in [0.15, 0.2) is 16.7 Å². The Hall–Kier alpha value is -2.56. The van der Waals surface area contributed by atoms with Gasteiger partial charge in [-0.15, -0.1) is 11.0 Å². The highest BCUT2D eigenvalue weighted by molar-refractivity contribution is 9.10. The van der Waals surface area contributed by atoms with Crippen molar-refractivity contribution in [2.45, 2.75) is 56.8 Å². The number of amidine groups is 1. The van der Waals surface area contributed by atoms with Crippen LogP contribution in [0.15, 0.2) is 73.8 Å². The minimum Gasteiger partial charge on any atom is -0.493 e. The lowest BCUT2D eigenvalue weighted by Gasteiger charge is -2.12. The summed E-state index contributed by atoms with van der Waals surface area (Å²) in [7, 11) is -2.43. The first-order chi connectivity index (χ1) is 18.8. The number of halogens is 1. The monoisotopic (exact) mass is 634 g/mol. The Morgan fingerprint density at radius 3 is 2.38 bits per heavy atom. The highest BCUT2D eigenvalue weighted by Crippen LogP contribution is 2.35. The number of ether oxygens (including phenoxy) is 2. The first-order valence-electron chi connectivity index (χ1n) is 13.0. The van der Waals surface area contributed by atoms with Crippen molar-refractivity contribution in [3.63, 3.8) is 0 Å². The summed E-state index contributed by atoms with van der Waals surface area (Å²) in [6.45, 7) is 6.62. The third-order valence-electron chi connectivity index (χ3n) is 6.00. The van der Waals surface area contributed by atoms with Crippen LogP contribution >= 0.6 is 27.7 Å². The second-order valence-electron chi connectivity index (χ2n) is 9.00. The molecule has 0 bridgehead atoms. The van der Waals surface area contributed by atoms with Crippen molar-refractivity contribution < 1.29 is 22.7 Å². The number of carbonyl (C=O) groups is 1. The number of carbonyl (C=O) groups excluding carboxylic acids is 1. The molecule has 210 valence electrons. The van der Waals surface area contributed by atoms with Crippen molar-refractivity contribution in [2.75, 3.05) is 20.3 Å². The maximum absolute atomic E-state index is 13.2. The summed E-state index contributed by atoms with van der Waals surface area (Å²) in [5, 5.41) is 0.0815. The molecule has 10 heteroatoms. The van der Waals surface area contributed by atoms with Gasteiger partial charge in [-0.2, -0.15) is 8.42 Å². The van der Waals surface area contributed by atoms with E-state index in [1.807, 2.05) is 12.1 Å². The number of unbranched alkanes of at least 4 members (excludes halogenated alkanes) is 6. The summed E-state index contributed by atoms with van der Waals surface area (Å²) in [5.74, 6) is 0.871. The van der Waals surface area contributed by atoms with Crippen molar-refractivity contribution in [2.24, 2.45) is 4.40 Å². The molecule has 0 aliphatic carbocycles. The van der Waals surface area contributed by atoms with Crippen LogP contribution in [-0.2, 0) is 14.8 Å². The average Bonchev–Trinajstić information content (AvgIpc) is 3.19. The topological polar surface area (TPSA) is 85.3 Å². The molecule has 0 radical (unpaired) electrons. The van der Waals surface area contributed by atoms with E-state index in [2.05, 4.69) is 33.8 Å². The van der Waals surface area contributed by atoms with E-state index >= 15 is 0 Å². The quantitative estimate of drug-likeness (QED) is 0.115. The standard InChI is InChI=1S/C29H35BrN2O5S2/c1-4-6-7-8-9-10-11-19-37-26-20-22(12-17-25(26)36-3)21-27-28(33)32(18-5-2)29(38-27)31-39(34,35)24-15-13-23(30)14-16-24/h5,12-17,20-21H,2,4,6-11,18-19H2,1,3H3/b27-21-,31-29+. The van der Waals surface area contributed by atoms with Gasteiger partial charge >= 0.3 is 0 Å². The van der Waals surface area contributed by atoms with Crippen LogP contribution in [0.2, 0.25) is 0 Å². The lowest BCUT2D eigenvalue weighted by atomic mass is 10.1. The number of hydrogen-bond donors (Lipinski definition) is 0. The van der Waals surface area contributed by atoms with E-state index in [1.165, 1.54) is 55.2 Å². The van der Waals surface area contributed by atoms with E-state index in [0.29, 0.717) is 23.0 Å². The fourth-order valence-corrected chi connectivity index (χ4v) is 6.37. The van der Waals surface area contributed by atoms with Gasteiger partial charge in [0.1, 0.15) is 0 Å². The van der Waals surface area contributed by atoms with Gasteiger partial charge in [0.05, 0.1) is 23.5 Å². The maximum atomic E-state index is 13.2. The molecule has 0 spiro atoms. The molecular formula is C29H35BrN2O5S2. The Labute approximate surface area is 244 Å². The molecule has 0 atom stereocenters. The molecular weight excluding hydrogens is 600 g/mol. The summed E-state index contributed by atoms with van der Waals surface area (Å²) in [4.78, 5) is 14.9. The van der Waals surface area contributed by atoms with Gasteiger partial charge in [0.2, 0.25) is 0 Å². The van der Waals surface area contributed by atoms with Crippen molar-refractivity contribution in [3.05, 3.63) is 70.1 Å². The number of thioether (sulfide) groups is 1. The van der Waals surface area contributed by atoms with E-state index in [0.717, 1.165) is 34.6 Å². The SMILES string of the molecule is C=CCN1C(=O)/C(=C/c2ccc(OC)c(OCCCCCCCCC)c2)S/C1=N/S(=O)(=O)c1ccc(Br)cc1. The zero-order valence-corrected chi connectivity index (χ0v) is 25.6. The average molecular weight is 636 g/mol. The second kappa shape index (κ2) is 15.3. The molecule has 0 aromatic heterocycles. The van der Waals surface area contributed by atoms with Crippen LogP contribution in [0.1, 0.15) is 57.4 Å². The van der Waals surface area contributed by atoms with Gasteiger partial charge in [-0.25, -0.2) is 0 Å². The predicted molar refractivity (Wildman–Crippen MR) is 163 cm³/mol. The Bertz CT molecular complexity index is 1310. The Morgan fingerprint density at radius 2 is 1.72 bits per heavy atom. The van der Waals surface area contributed by atoms with Gasteiger partial charge in [-0.05, 0) is 66.2 Å². The molecule has 1 saturated heterocycles. The third kappa shape index (κ3) is 8.98. The molecule has 1 amide bonds. The molecule has 0 unspecified atom stereocenters. The Kier molecular flexibility index (Phi) is 12.1. The van der Waals surface area contributed by atoms with Crippen LogP contribution in [0.25, 0.3) is 6.08 Å². The summed E-state index contributed by atoms with van der Waals surface area (Å²) in [6, 6.07) is 11.6. The van der Waals surface area contributed by atoms with Crippen LogP contribution in [0.3, 0.4) is 0 Å². The number of sulfonamides is 1. The van der Waals surface area contributed by atoms with E-state index in [4.69, 9.17) is 9.47 Å². The van der Waals surface area contributed by atoms with Crippen LogP contribution in [0.4, 0.5) is 0 Å². The molecule has 7 nitrogen and oxygen atoms in total. The fraction of sp³-hybridized carbons (Fsp3) is 0.379. The largest absolute Gasteiger partial charge is 0.493 e. The zero-order chi connectivity index (χ0) is 28.3. The van der Waals surface area contributed by atoms with Gasteiger partial charge < -0.3 is 9.47 Å². The zero-order valence-electron chi connectivity index (χ0n) is 22.4. The number of benzene rings is 2. The smallest absolute Gasteiger partial charge is 0.284 e. The number of rotatable bonds is 15. The maximum Gasteiger partial charge on any atom is 0.284 e. The van der Waals surface area contributed by atoms with E-state index in [9.17, 15) is 13.2 Å². The first-order valence-corrected chi connectivity index (χ1v) is 16.1. The highest BCUT2D eigenvalue weighted by Gasteiger charge is 2.34. The molecule has 2 aromatic rings.